The van der Waals surface area contributed by atoms with Crippen LogP contribution in [0.15, 0.2) is 24.4 Å². The molecule has 2 N–H and O–H groups in total. The lowest BCUT2D eigenvalue weighted by molar-refractivity contribution is 0.104. The molecule has 0 aliphatic rings. The Bertz CT molecular complexity index is 241. The van der Waals surface area contributed by atoms with Gasteiger partial charge in [-0.1, -0.05) is 6.07 Å². The molecule has 0 saturated heterocycles. The van der Waals surface area contributed by atoms with Crippen molar-refractivity contribution in [2.75, 3.05) is 4.90 Å². The minimum absolute atomic E-state index is 0.563. The van der Waals surface area contributed by atoms with Gasteiger partial charge in [0.2, 0.25) is 0 Å². The van der Waals surface area contributed by atoms with Gasteiger partial charge in [-0.05, 0) is 26.0 Å². The molecule has 1 aromatic rings. The Morgan fingerprint density at radius 3 is 2.23 bits per heavy atom. The summed E-state index contributed by atoms with van der Waals surface area (Å²) in [5.74, 6) is 0.563. The third kappa shape index (κ3) is 2.40. The lowest BCUT2D eigenvalue weighted by Gasteiger charge is -2.29. The molecule has 0 bridgehead atoms. The summed E-state index contributed by atoms with van der Waals surface area (Å²) < 4.78 is 0. The SMILES string of the molecule is CC(O)N(c1ccccn1)C(C)O. The highest BCUT2D eigenvalue weighted by Gasteiger charge is 2.16. The fourth-order valence-corrected chi connectivity index (χ4v) is 1.20. The Labute approximate surface area is 77.5 Å². The zero-order chi connectivity index (χ0) is 9.84. The van der Waals surface area contributed by atoms with Crippen LogP contribution in [0, 0.1) is 0 Å². The van der Waals surface area contributed by atoms with Crippen LogP contribution in [0.3, 0.4) is 0 Å². The third-order valence-electron chi connectivity index (χ3n) is 1.72. The van der Waals surface area contributed by atoms with Gasteiger partial charge in [0.05, 0.1) is 0 Å². The van der Waals surface area contributed by atoms with E-state index >= 15 is 0 Å². The monoisotopic (exact) mass is 182 g/mol. The number of anilines is 1. The Kier molecular flexibility index (Phi) is 3.22. The second-order valence-corrected chi connectivity index (χ2v) is 2.86. The zero-order valence-electron chi connectivity index (χ0n) is 7.75. The fourth-order valence-electron chi connectivity index (χ4n) is 1.20. The standard InChI is InChI=1S/C9H14N2O2/c1-7(12)11(8(2)13)9-5-3-4-6-10-9/h3-8,12-13H,1-2H3. The van der Waals surface area contributed by atoms with E-state index in [1.165, 1.54) is 4.90 Å². The second kappa shape index (κ2) is 4.20. The van der Waals surface area contributed by atoms with E-state index in [4.69, 9.17) is 0 Å². The van der Waals surface area contributed by atoms with Gasteiger partial charge in [0.15, 0.2) is 0 Å². The van der Waals surface area contributed by atoms with Gasteiger partial charge in [-0.15, -0.1) is 0 Å². The summed E-state index contributed by atoms with van der Waals surface area (Å²) in [6.07, 6.45) is 0.109. The summed E-state index contributed by atoms with van der Waals surface area (Å²) in [6, 6.07) is 5.32. The van der Waals surface area contributed by atoms with Gasteiger partial charge in [0.25, 0.3) is 0 Å². The first-order valence-corrected chi connectivity index (χ1v) is 4.18. The molecular formula is C9H14N2O2. The molecule has 0 amide bonds. The Morgan fingerprint density at radius 2 is 1.85 bits per heavy atom. The van der Waals surface area contributed by atoms with Crippen molar-refractivity contribution >= 4 is 5.82 Å². The van der Waals surface area contributed by atoms with Gasteiger partial charge < -0.3 is 15.1 Å². The number of aromatic nitrogens is 1. The smallest absolute Gasteiger partial charge is 0.132 e. The van der Waals surface area contributed by atoms with E-state index in [2.05, 4.69) is 4.98 Å². The number of hydrogen-bond donors (Lipinski definition) is 2. The molecule has 1 rings (SSSR count). The summed E-state index contributed by atoms with van der Waals surface area (Å²) in [5.41, 5.74) is 0. The Balaban J connectivity index is 2.89. The number of aliphatic hydroxyl groups is 2. The van der Waals surface area contributed by atoms with Crippen molar-refractivity contribution in [1.82, 2.24) is 4.98 Å². The molecule has 0 aromatic carbocycles. The van der Waals surface area contributed by atoms with Crippen LogP contribution in [-0.4, -0.2) is 27.7 Å². The van der Waals surface area contributed by atoms with Crippen LogP contribution < -0.4 is 4.90 Å². The molecule has 0 spiro atoms. The number of aliphatic hydroxyl groups excluding tert-OH is 2. The topological polar surface area (TPSA) is 56.6 Å². The normalized spacial score (nSPS) is 15.1. The molecule has 72 valence electrons. The van der Waals surface area contributed by atoms with Crippen LogP contribution in [0.25, 0.3) is 0 Å². The minimum atomic E-state index is -0.755. The fraction of sp³-hybridized carbons (Fsp3) is 0.444. The maximum atomic E-state index is 9.36. The van der Waals surface area contributed by atoms with Gasteiger partial charge in [-0.25, -0.2) is 4.98 Å². The molecule has 1 heterocycles. The van der Waals surface area contributed by atoms with Crippen molar-refractivity contribution in [2.45, 2.75) is 26.3 Å². The van der Waals surface area contributed by atoms with Crippen molar-refractivity contribution in [3.8, 4) is 0 Å². The largest absolute Gasteiger partial charge is 0.374 e. The van der Waals surface area contributed by atoms with Gasteiger partial charge >= 0.3 is 0 Å². The summed E-state index contributed by atoms with van der Waals surface area (Å²) in [4.78, 5) is 5.44. The number of pyridine rings is 1. The molecule has 0 aliphatic heterocycles. The van der Waals surface area contributed by atoms with Crippen LogP contribution in [-0.2, 0) is 0 Å². The van der Waals surface area contributed by atoms with Crippen LogP contribution in [0.5, 0.6) is 0 Å². The average molecular weight is 182 g/mol. The molecule has 0 radical (unpaired) electrons. The van der Waals surface area contributed by atoms with Crippen molar-refractivity contribution in [3.63, 3.8) is 0 Å². The van der Waals surface area contributed by atoms with E-state index in [1.54, 1.807) is 38.2 Å². The van der Waals surface area contributed by atoms with Crippen LogP contribution >= 0.6 is 0 Å². The summed E-state index contributed by atoms with van der Waals surface area (Å²) in [7, 11) is 0. The molecule has 13 heavy (non-hydrogen) atoms. The maximum Gasteiger partial charge on any atom is 0.132 e. The maximum absolute atomic E-state index is 9.36. The molecule has 0 fully saturated rings. The molecule has 2 atom stereocenters. The molecule has 4 heteroatoms. The van der Waals surface area contributed by atoms with E-state index in [9.17, 15) is 10.2 Å². The number of rotatable bonds is 3. The second-order valence-electron chi connectivity index (χ2n) is 2.86. The summed E-state index contributed by atoms with van der Waals surface area (Å²) in [5, 5.41) is 18.7. The van der Waals surface area contributed by atoms with E-state index in [1.807, 2.05) is 0 Å². The number of nitrogens with zero attached hydrogens (tertiary/aromatic N) is 2. The zero-order valence-corrected chi connectivity index (χ0v) is 7.75. The van der Waals surface area contributed by atoms with Gasteiger partial charge in [-0.2, -0.15) is 0 Å². The predicted molar refractivity (Wildman–Crippen MR) is 50.1 cm³/mol. The third-order valence-corrected chi connectivity index (χ3v) is 1.72. The minimum Gasteiger partial charge on any atom is -0.374 e. The molecule has 4 nitrogen and oxygen atoms in total. The van der Waals surface area contributed by atoms with E-state index < -0.39 is 12.5 Å². The van der Waals surface area contributed by atoms with Crippen LogP contribution in [0.2, 0.25) is 0 Å². The van der Waals surface area contributed by atoms with Crippen molar-refractivity contribution in [1.29, 1.82) is 0 Å². The first-order valence-electron chi connectivity index (χ1n) is 4.18. The molecule has 2 unspecified atom stereocenters. The average Bonchev–Trinajstić information content (AvgIpc) is 2.04. The highest BCUT2D eigenvalue weighted by molar-refractivity contribution is 5.38. The van der Waals surface area contributed by atoms with Gasteiger partial charge in [-0.3, -0.25) is 0 Å². The highest BCUT2D eigenvalue weighted by atomic mass is 16.3. The van der Waals surface area contributed by atoms with Gasteiger partial charge in [0.1, 0.15) is 18.3 Å². The molecule has 1 aromatic heterocycles. The predicted octanol–water partition coefficient (Wildman–Crippen LogP) is 0.565. The van der Waals surface area contributed by atoms with E-state index in [0.29, 0.717) is 5.82 Å². The van der Waals surface area contributed by atoms with Crippen molar-refractivity contribution in [3.05, 3.63) is 24.4 Å². The Morgan fingerprint density at radius 1 is 1.23 bits per heavy atom. The van der Waals surface area contributed by atoms with Crippen LogP contribution in [0.1, 0.15) is 13.8 Å². The Hall–Kier alpha value is -1.13. The molecule has 0 aliphatic carbocycles. The lowest BCUT2D eigenvalue weighted by Crippen LogP contribution is -2.40. The van der Waals surface area contributed by atoms with E-state index in [-0.39, 0.29) is 0 Å². The van der Waals surface area contributed by atoms with Gasteiger partial charge in [0, 0.05) is 6.20 Å². The molecular weight excluding hydrogens is 168 g/mol. The molecule has 0 saturated carbocycles. The summed E-state index contributed by atoms with van der Waals surface area (Å²) in [6.45, 7) is 3.17. The van der Waals surface area contributed by atoms with E-state index in [0.717, 1.165) is 0 Å². The quantitative estimate of drug-likeness (QED) is 0.671. The highest BCUT2D eigenvalue weighted by Crippen LogP contribution is 2.13. The lowest BCUT2D eigenvalue weighted by atomic mass is 10.4. The number of hydrogen-bond acceptors (Lipinski definition) is 4. The first-order chi connectivity index (χ1) is 6.13. The van der Waals surface area contributed by atoms with Crippen LogP contribution in [0.4, 0.5) is 5.82 Å². The van der Waals surface area contributed by atoms with Crippen molar-refractivity contribution < 1.29 is 10.2 Å². The first kappa shape index (κ1) is 9.95. The summed E-state index contributed by atoms with van der Waals surface area (Å²) >= 11 is 0. The van der Waals surface area contributed by atoms with Crippen molar-refractivity contribution in [2.24, 2.45) is 0 Å².